The first-order chi connectivity index (χ1) is 13.5. The number of amides is 4. The molecule has 2 atom stereocenters. The third kappa shape index (κ3) is 6.74. The van der Waals surface area contributed by atoms with Gasteiger partial charge in [0.05, 0.1) is 5.92 Å². The van der Waals surface area contributed by atoms with Crippen LogP contribution in [0.5, 0.6) is 0 Å². The standard InChI is InChI=1S/C20H26ClN3O5/c1-12(17(26)22-19(28)23-20(2,3)4)29-18(27)14-9-16(25)24(11-14)10-13-7-5-6-8-15(13)21/h5-8,12,14H,9-11H2,1-4H3,(H2,22,23,26,28)/t12-,14+/m0/s1. The van der Waals surface area contributed by atoms with Crippen LogP contribution in [0.4, 0.5) is 4.79 Å². The van der Waals surface area contributed by atoms with E-state index in [1.165, 1.54) is 11.8 Å². The maximum atomic E-state index is 12.4. The summed E-state index contributed by atoms with van der Waals surface area (Å²) in [7, 11) is 0. The summed E-state index contributed by atoms with van der Waals surface area (Å²) in [6.45, 7) is 7.16. The van der Waals surface area contributed by atoms with E-state index in [0.717, 1.165) is 5.56 Å². The van der Waals surface area contributed by atoms with Crippen LogP contribution in [0.25, 0.3) is 0 Å². The molecule has 2 rings (SSSR count). The number of benzene rings is 1. The van der Waals surface area contributed by atoms with E-state index in [1.807, 2.05) is 12.1 Å². The zero-order valence-corrected chi connectivity index (χ0v) is 17.7. The lowest BCUT2D eigenvalue weighted by atomic mass is 10.1. The van der Waals surface area contributed by atoms with Crippen molar-refractivity contribution in [2.45, 2.75) is 52.3 Å². The van der Waals surface area contributed by atoms with Gasteiger partial charge in [-0.1, -0.05) is 29.8 Å². The first-order valence-corrected chi connectivity index (χ1v) is 9.68. The molecule has 4 amide bonds. The minimum Gasteiger partial charge on any atom is -0.452 e. The SMILES string of the molecule is C[C@H](OC(=O)[C@@H]1CC(=O)N(Cc2ccccc2Cl)C1)C(=O)NC(=O)NC(C)(C)C. The van der Waals surface area contributed by atoms with Crippen LogP contribution in [0.2, 0.25) is 5.02 Å². The molecule has 1 fully saturated rings. The molecule has 1 aliphatic rings. The highest BCUT2D eigenvalue weighted by molar-refractivity contribution is 6.31. The van der Waals surface area contributed by atoms with Crippen LogP contribution in [0, 0.1) is 5.92 Å². The van der Waals surface area contributed by atoms with Crippen molar-refractivity contribution >= 4 is 35.4 Å². The van der Waals surface area contributed by atoms with Crippen LogP contribution in [-0.2, 0) is 25.7 Å². The lowest BCUT2D eigenvalue weighted by molar-refractivity contribution is -0.158. The second kappa shape index (κ2) is 9.26. The molecule has 1 aromatic rings. The monoisotopic (exact) mass is 423 g/mol. The molecule has 0 spiro atoms. The van der Waals surface area contributed by atoms with Gasteiger partial charge in [0.2, 0.25) is 5.91 Å². The van der Waals surface area contributed by atoms with Gasteiger partial charge >= 0.3 is 12.0 Å². The summed E-state index contributed by atoms with van der Waals surface area (Å²) in [5.74, 6) is -2.26. The lowest BCUT2D eigenvalue weighted by Crippen LogP contribution is -2.50. The fourth-order valence-corrected chi connectivity index (χ4v) is 3.02. The molecule has 0 bridgehead atoms. The molecule has 1 aliphatic heterocycles. The quantitative estimate of drug-likeness (QED) is 0.706. The number of nitrogens with zero attached hydrogens (tertiary/aromatic N) is 1. The third-order valence-electron chi connectivity index (χ3n) is 4.25. The highest BCUT2D eigenvalue weighted by atomic mass is 35.5. The number of carbonyl (C=O) groups excluding carboxylic acids is 4. The number of hydrogen-bond acceptors (Lipinski definition) is 5. The molecule has 2 N–H and O–H groups in total. The Balaban J connectivity index is 1.87. The molecule has 1 heterocycles. The number of carbonyl (C=O) groups is 4. The highest BCUT2D eigenvalue weighted by Crippen LogP contribution is 2.24. The number of urea groups is 1. The normalized spacial score (nSPS) is 17.6. The van der Waals surface area contributed by atoms with Crippen LogP contribution < -0.4 is 10.6 Å². The van der Waals surface area contributed by atoms with Gasteiger partial charge in [0.15, 0.2) is 6.10 Å². The Kier molecular flexibility index (Phi) is 7.24. The molecule has 158 valence electrons. The number of rotatable bonds is 5. The second-order valence-corrected chi connectivity index (χ2v) is 8.45. The van der Waals surface area contributed by atoms with Crippen molar-refractivity contribution < 1.29 is 23.9 Å². The molecule has 0 saturated carbocycles. The molecule has 0 radical (unpaired) electrons. The van der Waals surface area contributed by atoms with Gasteiger partial charge in [-0.25, -0.2) is 4.79 Å². The Hall–Kier alpha value is -2.61. The van der Waals surface area contributed by atoms with Gasteiger partial charge in [-0.05, 0) is 39.3 Å². The maximum absolute atomic E-state index is 12.4. The summed E-state index contributed by atoms with van der Waals surface area (Å²) in [6.07, 6.45) is -1.16. The Morgan fingerprint density at radius 2 is 1.93 bits per heavy atom. The molecule has 0 aromatic heterocycles. The molecule has 9 heteroatoms. The van der Waals surface area contributed by atoms with Gasteiger partial charge in [0.25, 0.3) is 5.91 Å². The zero-order valence-electron chi connectivity index (χ0n) is 17.0. The van der Waals surface area contributed by atoms with Crippen LogP contribution in [0.1, 0.15) is 39.7 Å². The molecule has 29 heavy (non-hydrogen) atoms. The first-order valence-electron chi connectivity index (χ1n) is 9.31. The molecule has 1 aromatic carbocycles. The smallest absolute Gasteiger partial charge is 0.321 e. The maximum Gasteiger partial charge on any atom is 0.321 e. The van der Waals surface area contributed by atoms with Crippen molar-refractivity contribution in [1.82, 2.24) is 15.5 Å². The van der Waals surface area contributed by atoms with Gasteiger partial charge in [-0.15, -0.1) is 0 Å². The van der Waals surface area contributed by atoms with E-state index in [-0.39, 0.29) is 18.9 Å². The Morgan fingerprint density at radius 1 is 1.28 bits per heavy atom. The molecule has 0 unspecified atom stereocenters. The topological polar surface area (TPSA) is 105 Å². The van der Waals surface area contributed by atoms with Gasteiger partial charge in [0.1, 0.15) is 0 Å². The van der Waals surface area contributed by atoms with Crippen molar-refractivity contribution in [3.8, 4) is 0 Å². The summed E-state index contributed by atoms with van der Waals surface area (Å²) < 4.78 is 5.16. The van der Waals surface area contributed by atoms with Crippen LogP contribution in [-0.4, -0.2) is 46.9 Å². The van der Waals surface area contributed by atoms with Crippen LogP contribution in [0.15, 0.2) is 24.3 Å². The molecule has 1 saturated heterocycles. The van der Waals surface area contributed by atoms with Crippen molar-refractivity contribution in [3.05, 3.63) is 34.9 Å². The Labute approximate surface area is 174 Å². The average molecular weight is 424 g/mol. The number of imide groups is 1. The highest BCUT2D eigenvalue weighted by Gasteiger charge is 2.37. The van der Waals surface area contributed by atoms with E-state index >= 15 is 0 Å². The number of halogens is 1. The minimum atomic E-state index is -1.17. The van der Waals surface area contributed by atoms with Crippen LogP contribution in [0.3, 0.4) is 0 Å². The number of nitrogens with one attached hydrogen (secondary N) is 2. The average Bonchev–Trinajstić information content (AvgIpc) is 2.96. The van der Waals surface area contributed by atoms with Gasteiger partial charge in [0, 0.05) is 30.1 Å². The summed E-state index contributed by atoms with van der Waals surface area (Å²) >= 11 is 6.13. The summed E-state index contributed by atoms with van der Waals surface area (Å²) in [6, 6.07) is 6.50. The fraction of sp³-hybridized carbons (Fsp3) is 0.500. The minimum absolute atomic E-state index is 0.00212. The number of likely N-dealkylation sites (tertiary alicyclic amines) is 1. The van der Waals surface area contributed by atoms with Crippen molar-refractivity contribution in [1.29, 1.82) is 0 Å². The fourth-order valence-electron chi connectivity index (χ4n) is 2.82. The number of hydrogen-bond donors (Lipinski definition) is 2. The number of esters is 1. The van der Waals surface area contributed by atoms with Gasteiger partial charge in [-0.3, -0.25) is 19.7 Å². The van der Waals surface area contributed by atoms with Crippen molar-refractivity contribution in [3.63, 3.8) is 0 Å². The van der Waals surface area contributed by atoms with E-state index in [9.17, 15) is 19.2 Å². The van der Waals surface area contributed by atoms with E-state index < -0.39 is 35.5 Å². The van der Waals surface area contributed by atoms with E-state index in [1.54, 1.807) is 32.9 Å². The Bertz CT molecular complexity index is 806. The van der Waals surface area contributed by atoms with Crippen molar-refractivity contribution in [2.75, 3.05) is 6.54 Å². The van der Waals surface area contributed by atoms with Crippen LogP contribution >= 0.6 is 11.6 Å². The zero-order chi connectivity index (χ0) is 21.8. The van der Waals surface area contributed by atoms with E-state index in [0.29, 0.717) is 11.6 Å². The van der Waals surface area contributed by atoms with E-state index in [2.05, 4.69) is 10.6 Å². The van der Waals surface area contributed by atoms with Crippen molar-refractivity contribution in [2.24, 2.45) is 5.92 Å². The van der Waals surface area contributed by atoms with Gasteiger partial charge < -0.3 is 15.0 Å². The second-order valence-electron chi connectivity index (χ2n) is 8.04. The van der Waals surface area contributed by atoms with Gasteiger partial charge in [-0.2, -0.15) is 0 Å². The predicted molar refractivity (Wildman–Crippen MR) is 107 cm³/mol. The summed E-state index contributed by atoms with van der Waals surface area (Å²) in [5, 5.41) is 5.26. The first kappa shape index (κ1) is 22.7. The molecular weight excluding hydrogens is 398 g/mol. The molecule has 8 nitrogen and oxygen atoms in total. The summed E-state index contributed by atoms with van der Waals surface area (Å²) in [5.41, 5.74) is 0.272. The van der Waals surface area contributed by atoms with E-state index in [4.69, 9.17) is 16.3 Å². The molecular formula is C20H26ClN3O5. The number of ether oxygens (including phenoxy) is 1. The third-order valence-corrected chi connectivity index (χ3v) is 4.62. The predicted octanol–water partition coefficient (Wildman–Crippen LogP) is 2.24. The Morgan fingerprint density at radius 3 is 2.55 bits per heavy atom. The largest absolute Gasteiger partial charge is 0.452 e. The lowest BCUT2D eigenvalue weighted by Gasteiger charge is -2.21. The summed E-state index contributed by atoms with van der Waals surface area (Å²) in [4.78, 5) is 50.0. The molecule has 0 aliphatic carbocycles.